The Morgan fingerprint density at radius 1 is 1.30 bits per heavy atom. The molecule has 2 aromatic rings. The number of amides is 1. The van der Waals surface area contributed by atoms with E-state index >= 15 is 0 Å². The summed E-state index contributed by atoms with van der Waals surface area (Å²) in [4.78, 5) is 28.7. The van der Waals surface area contributed by atoms with Crippen LogP contribution in [0.1, 0.15) is 30.1 Å². The zero-order chi connectivity index (χ0) is 16.7. The number of aromatic nitrogens is 1. The van der Waals surface area contributed by atoms with Gasteiger partial charge in [-0.2, -0.15) is 5.26 Å². The number of carbonyl (C=O) groups is 2. The summed E-state index contributed by atoms with van der Waals surface area (Å²) in [6, 6.07) is 9.35. The summed E-state index contributed by atoms with van der Waals surface area (Å²) in [6.45, 7) is 2.58. The molecule has 0 bridgehead atoms. The lowest BCUT2D eigenvalue weighted by molar-refractivity contribution is -0.143. The van der Waals surface area contributed by atoms with Crippen LogP contribution in [0.5, 0.6) is 0 Å². The average molecular weight is 313 g/mol. The summed E-state index contributed by atoms with van der Waals surface area (Å²) in [7, 11) is 0. The van der Waals surface area contributed by atoms with Crippen LogP contribution in [0.3, 0.4) is 0 Å². The van der Waals surface area contributed by atoms with Gasteiger partial charge in [-0.1, -0.05) is 6.07 Å². The van der Waals surface area contributed by atoms with Gasteiger partial charge in [-0.3, -0.25) is 9.59 Å². The van der Waals surface area contributed by atoms with E-state index in [1.54, 1.807) is 19.1 Å². The molecule has 1 aromatic carbocycles. The zero-order valence-corrected chi connectivity index (χ0v) is 13.0. The number of aromatic amines is 1. The predicted molar refractivity (Wildman–Crippen MR) is 85.7 cm³/mol. The Kier molecular flexibility index (Phi) is 5.75. The van der Waals surface area contributed by atoms with Gasteiger partial charge in [0.25, 0.3) is 5.91 Å². The maximum absolute atomic E-state index is 12.6. The summed E-state index contributed by atoms with van der Waals surface area (Å²) in [5.41, 5.74) is 1.41. The van der Waals surface area contributed by atoms with Gasteiger partial charge in [-0.25, -0.2) is 0 Å². The Balaban J connectivity index is 2.11. The number of nitriles is 1. The molecule has 0 unspecified atom stereocenters. The van der Waals surface area contributed by atoms with Crippen LogP contribution in [0.15, 0.2) is 30.5 Å². The first-order valence-electron chi connectivity index (χ1n) is 7.54. The highest BCUT2D eigenvalue weighted by Gasteiger charge is 2.17. The van der Waals surface area contributed by atoms with E-state index in [9.17, 15) is 9.59 Å². The number of rotatable bonds is 7. The fraction of sp³-hybridized carbons (Fsp3) is 0.353. The van der Waals surface area contributed by atoms with Crippen LogP contribution in [-0.2, 0) is 9.53 Å². The first-order chi connectivity index (χ1) is 11.2. The van der Waals surface area contributed by atoms with Crippen LogP contribution in [0.25, 0.3) is 10.9 Å². The van der Waals surface area contributed by atoms with Crippen LogP contribution in [0, 0.1) is 11.3 Å². The van der Waals surface area contributed by atoms with Gasteiger partial charge in [-0.15, -0.1) is 0 Å². The fourth-order valence-corrected chi connectivity index (χ4v) is 2.32. The van der Waals surface area contributed by atoms with Gasteiger partial charge in [0.15, 0.2) is 0 Å². The van der Waals surface area contributed by atoms with E-state index in [4.69, 9.17) is 10.00 Å². The van der Waals surface area contributed by atoms with Crippen LogP contribution in [0.2, 0.25) is 0 Å². The average Bonchev–Trinajstić information content (AvgIpc) is 3.02. The third-order valence-corrected chi connectivity index (χ3v) is 3.47. The van der Waals surface area contributed by atoms with Gasteiger partial charge in [0, 0.05) is 30.4 Å². The Hall–Kier alpha value is -2.81. The number of hydrogen-bond donors (Lipinski definition) is 1. The summed E-state index contributed by atoms with van der Waals surface area (Å²) in [5, 5.41) is 9.78. The number of nitrogens with zero attached hydrogens (tertiary/aromatic N) is 2. The quantitative estimate of drug-likeness (QED) is 0.796. The third-order valence-electron chi connectivity index (χ3n) is 3.47. The monoisotopic (exact) mass is 313 g/mol. The molecule has 2 rings (SSSR count). The molecule has 0 atom stereocenters. The lowest BCUT2D eigenvalue weighted by Gasteiger charge is -2.21. The van der Waals surface area contributed by atoms with Crippen molar-refractivity contribution >= 4 is 22.8 Å². The lowest BCUT2D eigenvalue weighted by atomic mass is 10.1. The number of hydrogen-bond acceptors (Lipinski definition) is 4. The fourth-order valence-electron chi connectivity index (χ4n) is 2.32. The summed E-state index contributed by atoms with van der Waals surface area (Å²) < 4.78 is 4.88. The number of ether oxygens (including phenoxy) is 1. The van der Waals surface area contributed by atoms with Gasteiger partial charge in [-0.05, 0) is 30.5 Å². The molecule has 0 aliphatic heterocycles. The van der Waals surface area contributed by atoms with Crippen molar-refractivity contribution in [1.29, 1.82) is 5.26 Å². The predicted octanol–water partition coefficient (Wildman–Crippen LogP) is 2.48. The summed E-state index contributed by atoms with van der Waals surface area (Å²) in [6.07, 6.45) is 2.15. The van der Waals surface area contributed by atoms with Crippen molar-refractivity contribution in [1.82, 2.24) is 9.88 Å². The van der Waals surface area contributed by atoms with Crippen LogP contribution in [0.4, 0.5) is 0 Å². The standard InChI is InChI=1S/C17H19N3O3/c1-2-23-16(21)7-11-20(10-3-8-18)17(22)14-5-4-13-6-9-19-15(13)12-14/h4-6,9,12,19H,2-3,7,10-11H2,1H3. The second-order valence-electron chi connectivity index (χ2n) is 5.04. The minimum absolute atomic E-state index is 0.121. The number of carbonyl (C=O) groups excluding carboxylic acids is 2. The summed E-state index contributed by atoms with van der Waals surface area (Å²) in [5.74, 6) is -0.539. The lowest BCUT2D eigenvalue weighted by Crippen LogP contribution is -2.34. The molecule has 1 heterocycles. The number of benzene rings is 1. The van der Waals surface area contributed by atoms with E-state index in [1.165, 1.54) is 4.90 Å². The van der Waals surface area contributed by atoms with E-state index in [0.29, 0.717) is 12.2 Å². The molecule has 120 valence electrons. The van der Waals surface area contributed by atoms with Gasteiger partial charge in [0.05, 0.1) is 25.5 Å². The smallest absolute Gasteiger partial charge is 0.307 e. The molecular weight excluding hydrogens is 294 g/mol. The molecule has 6 nitrogen and oxygen atoms in total. The van der Waals surface area contributed by atoms with Gasteiger partial charge in [0.1, 0.15) is 0 Å². The van der Waals surface area contributed by atoms with Crippen molar-refractivity contribution in [3.63, 3.8) is 0 Å². The second kappa shape index (κ2) is 7.99. The molecule has 1 aromatic heterocycles. The minimum Gasteiger partial charge on any atom is -0.466 e. The molecule has 23 heavy (non-hydrogen) atoms. The molecule has 0 aliphatic rings. The highest BCUT2D eigenvalue weighted by molar-refractivity contribution is 5.98. The molecule has 0 fully saturated rings. The van der Waals surface area contributed by atoms with E-state index in [1.807, 2.05) is 24.4 Å². The van der Waals surface area contributed by atoms with E-state index < -0.39 is 0 Å². The first-order valence-corrected chi connectivity index (χ1v) is 7.54. The van der Waals surface area contributed by atoms with Gasteiger partial charge >= 0.3 is 5.97 Å². The normalized spacial score (nSPS) is 10.3. The van der Waals surface area contributed by atoms with Crippen LogP contribution >= 0.6 is 0 Å². The first kappa shape index (κ1) is 16.6. The SMILES string of the molecule is CCOC(=O)CCN(CCC#N)C(=O)c1ccc2cc[nH]c2c1. The van der Waals surface area contributed by atoms with Crippen molar-refractivity contribution in [2.24, 2.45) is 0 Å². The number of fused-ring (bicyclic) bond motifs is 1. The van der Waals surface area contributed by atoms with Gasteiger partial charge < -0.3 is 14.6 Å². The molecule has 6 heteroatoms. The van der Waals surface area contributed by atoms with Crippen molar-refractivity contribution < 1.29 is 14.3 Å². The van der Waals surface area contributed by atoms with Crippen LogP contribution in [-0.4, -0.2) is 41.5 Å². The second-order valence-corrected chi connectivity index (χ2v) is 5.04. The van der Waals surface area contributed by atoms with E-state index in [2.05, 4.69) is 4.98 Å². The van der Waals surface area contributed by atoms with Gasteiger partial charge in [0.2, 0.25) is 0 Å². The number of nitrogens with one attached hydrogen (secondary N) is 1. The third kappa shape index (κ3) is 4.33. The maximum Gasteiger partial charge on any atom is 0.307 e. The molecule has 0 spiro atoms. The minimum atomic E-state index is -0.345. The number of H-pyrrole nitrogens is 1. The Bertz CT molecular complexity index is 730. The molecule has 1 amide bonds. The topological polar surface area (TPSA) is 86.2 Å². The van der Waals surface area contributed by atoms with Crippen LogP contribution < -0.4 is 0 Å². The molecule has 0 saturated carbocycles. The van der Waals surface area contributed by atoms with Crippen molar-refractivity contribution in [3.05, 3.63) is 36.0 Å². The highest BCUT2D eigenvalue weighted by Crippen LogP contribution is 2.16. The van der Waals surface area contributed by atoms with Crippen molar-refractivity contribution in [3.8, 4) is 6.07 Å². The Morgan fingerprint density at radius 3 is 2.87 bits per heavy atom. The Morgan fingerprint density at radius 2 is 2.13 bits per heavy atom. The maximum atomic E-state index is 12.6. The molecule has 0 radical (unpaired) electrons. The number of esters is 1. The molecular formula is C17H19N3O3. The molecule has 1 N–H and O–H groups in total. The highest BCUT2D eigenvalue weighted by atomic mass is 16.5. The summed E-state index contributed by atoms with van der Waals surface area (Å²) >= 11 is 0. The van der Waals surface area contributed by atoms with Crippen molar-refractivity contribution in [2.45, 2.75) is 19.8 Å². The molecule has 0 aliphatic carbocycles. The molecule has 0 saturated heterocycles. The van der Waals surface area contributed by atoms with E-state index in [0.717, 1.165) is 10.9 Å². The van der Waals surface area contributed by atoms with Crippen molar-refractivity contribution in [2.75, 3.05) is 19.7 Å². The Labute approximate surface area is 134 Å². The largest absolute Gasteiger partial charge is 0.466 e. The van der Waals surface area contributed by atoms with E-state index in [-0.39, 0.29) is 37.8 Å². The zero-order valence-electron chi connectivity index (χ0n) is 13.0.